The van der Waals surface area contributed by atoms with Gasteiger partial charge in [-0.15, -0.1) is 0 Å². The summed E-state index contributed by atoms with van der Waals surface area (Å²) in [5.74, 6) is 0. The predicted octanol–water partition coefficient (Wildman–Crippen LogP) is 8.01. The van der Waals surface area contributed by atoms with Gasteiger partial charge in [-0.05, 0) is 18.4 Å². The molecular weight excluding hydrogens is 407 g/mol. The molecule has 4 nitrogen and oxygen atoms in total. The zero-order valence-corrected chi connectivity index (χ0v) is 20.6. The Kier molecular flexibility index (Phi) is 18.3. The summed E-state index contributed by atoms with van der Waals surface area (Å²) in [7, 11) is -3.77. The molecule has 0 amide bonds. The molecule has 0 bridgehead atoms. The van der Waals surface area contributed by atoms with Gasteiger partial charge in [0.05, 0.1) is 6.61 Å². The van der Waals surface area contributed by atoms with Crippen molar-refractivity contribution in [3.8, 4) is 0 Å². The third-order valence-electron chi connectivity index (χ3n) is 5.85. The minimum atomic E-state index is -3.77. The van der Waals surface area contributed by atoms with Gasteiger partial charge >= 0.3 is 7.60 Å². The van der Waals surface area contributed by atoms with Gasteiger partial charge < -0.3 is 14.5 Å². The minimum Gasteiger partial charge on any atom is -0.377 e. The third-order valence-corrected chi connectivity index (χ3v) is 6.75. The number of hydrogen-bond acceptors (Lipinski definition) is 2. The highest BCUT2D eigenvalue weighted by Crippen LogP contribution is 2.35. The average Bonchev–Trinajstić information content (AvgIpc) is 2.75. The topological polar surface area (TPSA) is 66.8 Å². The van der Waals surface area contributed by atoms with Crippen molar-refractivity contribution in [2.45, 2.75) is 116 Å². The monoisotopic (exact) mass is 454 g/mol. The Hall–Kier alpha value is -0.670. The lowest BCUT2D eigenvalue weighted by atomic mass is 10.0. The number of ether oxygens (including phenoxy) is 1. The Balaban J connectivity index is 1.68. The third kappa shape index (κ3) is 21.0. The van der Waals surface area contributed by atoms with Crippen molar-refractivity contribution < 1.29 is 19.1 Å². The van der Waals surface area contributed by atoms with E-state index < -0.39 is 7.60 Å². The number of unbranched alkanes of at least 4 members (excludes halogenated alkanes) is 16. The first-order valence-corrected chi connectivity index (χ1v) is 14.5. The fraction of sp³-hybridized carbons (Fsp3) is 0.769. The first-order valence-electron chi connectivity index (χ1n) is 12.7. The van der Waals surface area contributed by atoms with E-state index in [9.17, 15) is 4.57 Å². The molecule has 1 rings (SSSR count). The number of benzene rings is 1. The summed E-state index contributed by atoms with van der Waals surface area (Å²) in [6.07, 6.45) is 21.4. The molecule has 0 aliphatic rings. The molecule has 0 unspecified atom stereocenters. The first kappa shape index (κ1) is 28.4. The summed E-state index contributed by atoms with van der Waals surface area (Å²) in [6, 6.07) is 10.4. The fourth-order valence-corrected chi connectivity index (χ4v) is 4.57. The first-order chi connectivity index (χ1) is 15.1. The van der Waals surface area contributed by atoms with E-state index in [2.05, 4.69) is 24.3 Å². The van der Waals surface area contributed by atoms with Crippen molar-refractivity contribution in [1.82, 2.24) is 0 Å². The van der Waals surface area contributed by atoms with E-state index in [0.29, 0.717) is 6.42 Å². The Morgan fingerprint density at radius 1 is 0.581 bits per heavy atom. The molecule has 1 aromatic rings. The van der Waals surface area contributed by atoms with E-state index in [1.165, 1.54) is 95.5 Å². The summed E-state index contributed by atoms with van der Waals surface area (Å²) in [5.41, 5.74) is 1.26. The Morgan fingerprint density at radius 2 is 0.968 bits per heavy atom. The van der Waals surface area contributed by atoms with Crippen molar-refractivity contribution in [2.24, 2.45) is 0 Å². The smallest absolute Gasteiger partial charge is 0.325 e. The summed E-state index contributed by atoms with van der Waals surface area (Å²) in [6.45, 7) is 1.62. The quantitative estimate of drug-likeness (QED) is 0.137. The van der Waals surface area contributed by atoms with Crippen molar-refractivity contribution in [3.05, 3.63) is 35.9 Å². The van der Waals surface area contributed by atoms with Crippen LogP contribution in [0.5, 0.6) is 0 Å². The molecule has 5 heteroatoms. The number of rotatable bonds is 22. The van der Waals surface area contributed by atoms with Crippen molar-refractivity contribution in [3.63, 3.8) is 0 Å². The second-order valence-electron chi connectivity index (χ2n) is 8.94. The summed E-state index contributed by atoms with van der Waals surface area (Å²) >= 11 is 0. The van der Waals surface area contributed by atoms with Crippen LogP contribution in [0.4, 0.5) is 0 Å². The molecular formula is C26H47O4P. The molecule has 180 valence electrons. The van der Waals surface area contributed by atoms with Gasteiger partial charge in [-0.3, -0.25) is 4.57 Å². The molecule has 0 aromatic heterocycles. The van der Waals surface area contributed by atoms with Gasteiger partial charge in [0.25, 0.3) is 0 Å². The SMILES string of the molecule is O=P(O)(O)CCCCCCCCCCCCCCCCCCCOCc1ccccc1. The van der Waals surface area contributed by atoms with E-state index in [0.717, 1.165) is 26.1 Å². The van der Waals surface area contributed by atoms with E-state index in [4.69, 9.17) is 14.5 Å². The van der Waals surface area contributed by atoms with Crippen LogP contribution in [0.25, 0.3) is 0 Å². The Morgan fingerprint density at radius 3 is 1.39 bits per heavy atom. The second-order valence-corrected chi connectivity index (χ2v) is 10.7. The lowest BCUT2D eigenvalue weighted by Gasteiger charge is -2.05. The molecule has 0 saturated carbocycles. The molecule has 0 fully saturated rings. The normalized spacial score (nSPS) is 11.8. The Labute approximate surface area is 191 Å². The fourth-order valence-electron chi connectivity index (χ4n) is 3.94. The number of hydrogen-bond donors (Lipinski definition) is 2. The van der Waals surface area contributed by atoms with Crippen molar-refractivity contribution in [1.29, 1.82) is 0 Å². The zero-order chi connectivity index (χ0) is 22.5. The van der Waals surface area contributed by atoms with Crippen molar-refractivity contribution in [2.75, 3.05) is 12.8 Å². The lowest BCUT2D eigenvalue weighted by Crippen LogP contribution is -1.95. The van der Waals surface area contributed by atoms with Crippen LogP contribution in [-0.2, 0) is 15.9 Å². The van der Waals surface area contributed by atoms with E-state index >= 15 is 0 Å². The van der Waals surface area contributed by atoms with Gasteiger partial charge in [-0.1, -0.05) is 127 Å². The minimum absolute atomic E-state index is 0.0527. The molecule has 0 saturated heterocycles. The van der Waals surface area contributed by atoms with E-state index in [1.54, 1.807) is 0 Å². The molecule has 0 atom stereocenters. The Bertz CT molecular complexity index is 544. The van der Waals surface area contributed by atoms with Crippen LogP contribution in [0.2, 0.25) is 0 Å². The highest BCUT2D eigenvalue weighted by molar-refractivity contribution is 7.51. The van der Waals surface area contributed by atoms with Gasteiger partial charge in [0.2, 0.25) is 0 Å². The van der Waals surface area contributed by atoms with Crippen LogP contribution in [0.1, 0.15) is 115 Å². The average molecular weight is 455 g/mol. The van der Waals surface area contributed by atoms with Crippen LogP contribution in [0.15, 0.2) is 30.3 Å². The maximum Gasteiger partial charge on any atom is 0.325 e. The second kappa shape index (κ2) is 20.0. The maximum absolute atomic E-state index is 10.8. The molecule has 0 radical (unpaired) electrons. The molecule has 0 aliphatic heterocycles. The van der Waals surface area contributed by atoms with Crippen LogP contribution in [-0.4, -0.2) is 22.6 Å². The van der Waals surface area contributed by atoms with Gasteiger partial charge in [0, 0.05) is 12.8 Å². The predicted molar refractivity (Wildman–Crippen MR) is 131 cm³/mol. The molecule has 0 spiro atoms. The van der Waals surface area contributed by atoms with Gasteiger partial charge in [0.15, 0.2) is 0 Å². The van der Waals surface area contributed by atoms with Gasteiger partial charge in [-0.25, -0.2) is 0 Å². The van der Waals surface area contributed by atoms with Gasteiger partial charge in [-0.2, -0.15) is 0 Å². The summed E-state index contributed by atoms with van der Waals surface area (Å²) in [5, 5.41) is 0. The standard InChI is InChI=1S/C26H47O4P/c27-31(28,29)24-20-15-13-11-9-7-5-3-1-2-4-6-8-10-12-14-19-23-30-25-26-21-17-16-18-22-26/h16-18,21-22H,1-15,19-20,23-25H2,(H2,27,28,29). The zero-order valence-electron chi connectivity index (χ0n) is 19.7. The summed E-state index contributed by atoms with van der Waals surface area (Å²) in [4.78, 5) is 17.6. The highest BCUT2D eigenvalue weighted by Gasteiger charge is 2.10. The van der Waals surface area contributed by atoms with Crippen LogP contribution >= 0.6 is 7.60 Å². The lowest BCUT2D eigenvalue weighted by molar-refractivity contribution is 0.116. The largest absolute Gasteiger partial charge is 0.377 e. The van der Waals surface area contributed by atoms with Crippen molar-refractivity contribution >= 4 is 7.60 Å². The van der Waals surface area contributed by atoms with Crippen LogP contribution < -0.4 is 0 Å². The van der Waals surface area contributed by atoms with E-state index in [-0.39, 0.29) is 6.16 Å². The summed E-state index contributed by atoms with van der Waals surface area (Å²) < 4.78 is 16.5. The van der Waals surface area contributed by atoms with E-state index in [1.807, 2.05) is 6.07 Å². The molecule has 1 aromatic carbocycles. The van der Waals surface area contributed by atoms with Crippen LogP contribution in [0, 0.1) is 0 Å². The maximum atomic E-state index is 10.8. The molecule has 2 N–H and O–H groups in total. The molecule has 0 heterocycles. The highest BCUT2D eigenvalue weighted by atomic mass is 31.2. The molecule has 31 heavy (non-hydrogen) atoms. The van der Waals surface area contributed by atoms with Crippen LogP contribution in [0.3, 0.4) is 0 Å². The molecule has 0 aliphatic carbocycles. The van der Waals surface area contributed by atoms with Gasteiger partial charge in [0.1, 0.15) is 0 Å².